The van der Waals surface area contributed by atoms with Gasteiger partial charge in [-0.15, -0.1) is 0 Å². The number of rotatable bonds is 1. The zero-order valence-corrected chi connectivity index (χ0v) is 5.95. The monoisotopic (exact) mass is 158 g/mol. The van der Waals surface area contributed by atoms with Gasteiger partial charge in [0, 0.05) is 0 Å². The summed E-state index contributed by atoms with van der Waals surface area (Å²) in [7, 11) is 0. The summed E-state index contributed by atoms with van der Waals surface area (Å²) in [5, 5.41) is 0. The standard InChI is InChI=1S/C6H7FN2O2/c1-2-11-6-8-3-4(7)5(10)9-6/h3-4H,2H2,1H3. The number of alkyl halides is 1. The third kappa shape index (κ3) is 1.83. The lowest BCUT2D eigenvalue weighted by Gasteiger charge is -2.05. The van der Waals surface area contributed by atoms with Crippen molar-refractivity contribution in [2.45, 2.75) is 13.1 Å². The number of nitrogens with zero attached hydrogens (tertiary/aromatic N) is 2. The molecule has 0 aromatic heterocycles. The maximum Gasteiger partial charge on any atom is 0.319 e. The lowest BCUT2D eigenvalue weighted by Crippen LogP contribution is -2.22. The van der Waals surface area contributed by atoms with Gasteiger partial charge < -0.3 is 4.74 Å². The number of amides is 1. The van der Waals surface area contributed by atoms with Crippen molar-refractivity contribution in [2.24, 2.45) is 9.98 Å². The van der Waals surface area contributed by atoms with Crippen molar-refractivity contribution in [3.63, 3.8) is 0 Å². The molecule has 0 saturated carbocycles. The maximum absolute atomic E-state index is 12.3. The first-order valence-electron chi connectivity index (χ1n) is 3.17. The summed E-state index contributed by atoms with van der Waals surface area (Å²) in [6.07, 6.45) is -0.834. The molecule has 0 aromatic rings. The van der Waals surface area contributed by atoms with E-state index >= 15 is 0 Å². The van der Waals surface area contributed by atoms with Gasteiger partial charge in [0.1, 0.15) is 0 Å². The van der Waals surface area contributed by atoms with Crippen LogP contribution in [0.3, 0.4) is 0 Å². The van der Waals surface area contributed by atoms with Gasteiger partial charge in [-0.05, 0) is 6.92 Å². The van der Waals surface area contributed by atoms with Crippen LogP contribution in [0.15, 0.2) is 9.98 Å². The van der Waals surface area contributed by atoms with E-state index in [1.807, 2.05) is 0 Å². The first-order valence-corrected chi connectivity index (χ1v) is 3.17. The molecule has 0 spiro atoms. The normalized spacial score (nSPS) is 23.3. The number of carbonyl (C=O) groups excluding carboxylic acids is 1. The van der Waals surface area contributed by atoms with Crippen molar-refractivity contribution < 1.29 is 13.9 Å². The SMILES string of the molecule is CCOC1=NC(=O)C(F)C=N1. The van der Waals surface area contributed by atoms with Crippen LogP contribution in [0.5, 0.6) is 0 Å². The second kappa shape index (κ2) is 3.23. The molecular formula is C6H7FN2O2. The fourth-order valence-corrected chi connectivity index (χ4v) is 0.576. The Balaban J connectivity index is 2.64. The van der Waals surface area contributed by atoms with E-state index in [0.717, 1.165) is 6.21 Å². The smallest absolute Gasteiger partial charge is 0.319 e. The van der Waals surface area contributed by atoms with Crippen LogP contribution < -0.4 is 0 Å². The quantitative estimate of drug-likeness (QED) is 0.552. The average Bonchev–Trinajstić information content (AvgIpc) is 1.98. The zero-order chi connectivity index (χ0) is 8.27. The van der Waals surface area contributed by atoms with Gasteiger partial charge in [-0.2, -0.15) is 4.99 Å². The first kappa shape index (κ1) is 7.84. The van der Waals surface area contributed by atoms with Gasteiger partial charge >= 0.3 is 6.02 Å². The van der Waals surface area contributed by atoms with Gasteiger partial charge in [-0.25, -0.2) is 9.38 Å². The van der Waals surface area contributed by atoms with Crippen LogP contribution in [0, 0.1) is 0 Å². The molecule has 1 aliphatic rings. The molecule has 4 nitrogen and oxygen atoms in total. The highest BCUT2D eigenvalue weighted by molar-refractivity contribution is 6.08. The Morgan fingerprint density at radius 2 is 2.55 bits per heavy atom. The fraction of sp³-hybridized carbons (Fsp3) is 0.500. The summed E-state index contributed by atoms with van der Waals surface area (Å²) in [5.41, 5.74) is 0. The summed E-state index contributed by atoms with van der Waals surface area (Å²) in [4.78, 5) is 17.2. The summed E-state index contributed by atoms with van der Waals surface area (Å²) in [5.74, 6) is -0.858. The Hall–Kier alpha value is -1.26. The number of carbonyl (C=O) groups is 1. The predicted octanol–water partition coefficient (Wildman–Crippen LogP) is 0.328. The minimum absolute atomic E-state index is 0.0635. The van der Waals surface area contributed by atoms with Gasteiger partial charge in [0.15, 0.2) is 0 Å². The summed E-state index contributed by atoms with van der Waals surface area (Å²) >= 11 is 0. The van der Waals surface area contributed by atoms with Crippen molar-refractivity contribution in [2.75, 3.05) is 6.61 Å². The number of hydrogen-bond acceptors (Lipinski definition) is 3. The van der Waals surface area contributed by atoms with Crippen molar-refractivity contribution in [1.82, 2.24) is 0 Å². The Kier molecular flexibility index (Phi) is 2.30. The molecule has 60 valence electrons. The number of aliphatic imine (C=N–C) groups is 2. The average molecular weight is 158 g/mol. The van der Waals surface area contributed by atoms with Crippen LogP contribution in [0.25, 0.3) is 0 Å². The Morgan fingerprint density at radius 3 is 3.09 bits per heavy atom. The zero-order valence-electron chi connectivity index (χ0n) is 5.95. The van der Waals surface area contributed by atoms with E-state index in [9.17, 15) is 9.18 Å². The highest BCUT2D eigenvalue weighted by atomic mass is 19.1. The molecule has 1 aliphatic heterocycles. The number of halogens is 1. The molecule has 0 saturated heterocycles. The first-order chi connectivity index (χ1) is 5.24. The Labute approximate surface area is 62.8 Å². The minimum atomic E-state index is -1.71. The van der Waals surface area contributed by atoms with E-state index in [4.69, 9.17) is 4.74 Å². The van der Waals surface area contributed by atoms with Gasteiger partial charge in [0.25, 0.3) is 5.91 Å². The van der Waals surface area contributed by atoms with Crippen molar-refractivity contribution in [3.8, 4) is 0 Å². The molecule has 1 heterocycles. The largest absolute Gasteiger partial charge is 0.464 e. The highest BCUT2D eigenvalue weighted by Crippen LogP contribution is 1.99. The van der Waals surface area contributed by atoms with E-state index < -0.39 is 12.1 Å². The van der Waals surface area contributed by atoms with Crippen LogP contribution >= 0.6 is 0 Å². The molecule has 1 unspecified atom stereocenters. The van der Waals surface area contributed by atoms with Gasteiger partial charge in [-0.1, -0.05) is 0 Å². The molecule has 1 atom stereocenters. The second-order valence-corrected chi connectivity index (χ2v) is 1.85. The summed E-state index contributed by atoms with van der Waals surface area (Å²) in [6.45, 7) is 2.09. The topological polar surface area (TPSA) is 51.0 Å². The molecule has 11 heavy (non-hydrogen) atoms. The molecule has 1 amide bonds. The van der Waals surface area contributed by atoms with Crippen molar-refractivity contribution >= 4 is 18.1 Å². The van der Waals surface area contributed by atoms with E-state index in [0.29, 0.717) is 6.61 Å². The van der Waals surface area contributed by atoms with Crippen LogP contribution in [0.2, 0.25) is 0 Å². The van der Waals surface area contributed by atoms with E-state index in [1.165, 1.54) is 0 Å². The van der Waals surface area contributed by atoms with Crippen LogP contribution in [-0.4, -0.2) is 30.9 Å². The molecule has 0 radical (unpaired) electrons. The third-order valence-electron chi connectivity index (χ3n) is 1.03. The molecule has 0 aliphatic carbocycles. The molecule has 0 N–H and O–H groups in total. The van der Waals surface area contributed by atoms with Gasteiger partial charge in [0.2, 0.25) is 6.17 Å². The number of ether oxygens (including phenoxy) is 1. The second-order valence-electron chi connectivity index (χ2n) is 1.85. The number of hydrogen-bond donors (Lipinski definition) is 0. The van der Waals surface area contributed by atoms with Crippen LogP contribution in [-0.2, 0) is 9.53 Å². The lowest BCUT2D eigenvalue weighted by molar-refractivity contribution is -0.120. The molecule has 0 bridgehead atoms. The molecule has 5 heteroatoms. The lowest BCUT2D eigenvalue weighted by atomic mass is 10.4. The van der Waals surface area contributed by atoms with Gasteiger partial charge in [-0.3, -0.25) is 4.79 Å². The van der Waals surface area contributed by atoms with E-state index in [-0.39, 0.29) is 6.02 Å². The van der Waals surface area contributed by atoms with Crippen molar-refractivity contribution in [3.05, 3.63) is 0 Å². The number of amidine groups is 1. The predicted molar refractivity (Wildman–Crippen MR) is 37.5 cm³/mol. The molecule has 0 aromatic carbocycles. The van der Waals surface area contributed by atoms with E-state index in [2.05, 4.69) is 9.98 Å². The Bertz CT molecular complexity index is 225. The Morgan fingerprint density at radius 1 is 1.82 bits per heavy atom. The van der Waals surface area contributed by atoms with Crippen molar-refractivity contribution in [1.29, 1.82) is 0 Å². The summed E-state index contributed by atoms with van der Waals surface area (Å²) in [6, 6.07) is -0.0635. The molecular weight excluding hydrogens is 151 g/mol. The van der Waals surface area contributed by atoms with E-state index in [1.54, 1.807) is 6.92 Å². The van der Waals surface area contributed by atoms with Gasteiger partial charge in [0.05, 0.1) is 12.8 Å². The molecule has 0 fully saturated rings. The van der Waals surface area contributed by atoms with Crippen LogP contribution in [0.4, 0.5) is 4.39 Å². The maximum atomic E-state index is 12.3. The third-order valence-corrected chi connectivity index (χ3v) is 1.03. The summed E-state index contributed by atoms with van der Waals surface area (Å²) < 4.78 is 17.1. The molecule has 1 rings (SSSR count). The highest BCUT2D eigenvalue weighted by Gasteiger charge is 2.19. The minimum Gasteiger partial charge on any atom is -0.464 e. The fourth-order valence-electron chi connectivity index (χ4n) is 0.576. The van der Waals surface area contributed by atoms with Crippen LogP contribution in [0.1, 0.15) is 6.92 Å².